The molecular formula is C16H21NO4S2. The summed E-state index contributed by atoms with van der Waals surface area (Å²) >= 11 is 0.548. The minimum Gasteiger partial charge on any atom is -0.616 e. The van der Waals surface area contributed by atoms with E-state index in [1.165, 1.54) is 0 Å². The van der Waals surface area contributed by atoms with Crippen LogP contribution in [0, 0.1) is 0 Å². The Balaban J connectivity index is 1.94. The van der Waals surface area contributed by atoms with Crippen LogP contribution >= 0.6 is 11.8 Å². The van der Waals surface area contributed by atoms with Gasteiger partial charge in [-0.3, -0.25) is 4.79 Å². The van der Waals surface area contributed by atoms with Crippen molar-refractivity contribution in [3.63, 3.8) is 0 Å². The van der Waals surface area contributed by atoms with E-state index < -0.39 is 11.2 Å². The molecule has 1 aliphatic heterocycles. The molecule has 0 aliphatic carbocycles. The van der Waals surface area contributed by atoms with Gasteiger partial charge in [-0.15, -0.1) is 11.8 Å². The zero-order valence-corrected chi connectivity index (χ0v) is 14.7. The van der Waals surface area contributed by atoms with Crippen LogP contribution < -0.4 is 9.47 Å². The fourth-order valence-electron chi connectivity index (χ4n) is 2.20. The number of rotatable bonds is 8. The maximum absolute atomic E-state index is 12.1. The first-order chi connectivity index (χ1) is 11.1. The zero-order valence-electron chi connectivity index (χ0n) is 13.1. The number of carbonyl (C=O) groups excluding carboxylic acids is 1. The Labute approximate surface area is 144 Å². The van der Waals surface area contributed by atoms with Gasteiger partial charge in [0.2, 0.25) is 0 Å². The second kappa shape index (κ2) is 9.10. The second-order valence-corrected chi connectivity index (χ2v) is 7.71. The number of nitrogens with zero attached hydrogens (tertiary/aromatic N) is 1. The number of ether oxygens (including phenoxy) is 2. The molecule has 1 saturated heterocycles. The molecule has 1 aromatic carbocycles. The molecule has 1 amide bonds. The molecule has 0 N–H and O–H groups in total. The third-order valence-corrected chi connectivity index (χ3v) is 5.07. The maximum atomic E-state index is 12.1. The highest BCUT2D eigenvalue weighted by atomic mass is 32.2. The summed E-state index contributed by atoms with van der Waals surface area (Å²) in [5, 5.41) is -0.0569. The van der Waals surface area contributed by atoms with Gasteiger partial charge in [0.05, 0.1) is 6.26 Å². The molecule has 1 aliphatic rings. The number of hydrogen-bond acceptors (Lipinski definition) is 5. The summed E-state index contributed by atoms with van der Waals surface area (Å²) in [6.45, 7) is 5.08. The molecule has 0 unspecified atom stereocenters. The van der Waals surface area contributed by atoms with Crippen LogP contribution in [0.2, 0.25) is 0 Å². The maximum Gasteiger partial charge on any atom is 0.273 e. The third-order valence-electron chi connectivity index (χ3n) is 3.22. The van der Waals surface area contributed by atoms with E-state index in [1.807, 2.05) is 24.3 Å². The Morgan fingerprint density at radius 3 is 2.83 bits per heavy atom. The topological polar surface area (TPSA) is 61.8 Å². The zero-order chi connectivity index (χ0) is 16.7. The lowest BCUT2D eigenvalue weighted by molar-refractivity contribution is -0.128. The van der Waals surface area contributed by atoms with E-state index in [4.69, 9.17) is 9.47 Å². The molecule has 1 fully saturated rings. The number of hydrogen-bond donors (Lipinski definition) is 0. The molecule has 0 spiro atoms. The average Bonchev–Trinajstić information content (AvgIpc) is 2.99. The summed E-state index contributed by atoms with van der Waals surface area (Å²) in [5.74, 6) is 2.15. The fraction of sp³-hybridized carbons (Fsp3) is 0.438. The smallest absolute Gasteiger partial charge is 0.273 e. The van der Waals surface area contributed by atoms with Gasteiger partial charge in [0.15, 0.2) is 17.3 Å². The highest BCUT2D eigenvalue weighted by Gasteiger charge is 2.31. The minimum atomic E-state index is -1.12. The first kappa shape index (κ1) is 18.0. The van der Waals surface area contributed by atoms with Gasteiger partial charge < -0.3 is 18.9 Å². The van der Waals surface area contributed by atoms with E-state index in [-0.39, 0.29) is 17.0 Å². The van der Waals surface area contributed by atoms with Gasteiger partial charge in [0.25, 0.3) is 5.91 Å². The molecule has 1 aromatic rings. The monoisotopic (exact) mass is 355 g/mol. The first-order valence-electron chi connectivity index (χ1n) is 7.28. The molecule has 7 heteroatoms. The standard InChI is InChI=1S/C16H21NO4S2/c1-3-9-20-13-6-4-5-7-14(13)21-11-16-17(8-10-22-16)15(18)12-23(2)19/h3-7,16H,1,8-12H2,2H3/t16-,23-/m0/s1. The molecule has 2 rings (SSSR count). The molecule has 5 nitrogen and oxygen atoms in total. The van der Waals surface area contributed by atoms with Gasteiger partial charge in [-0.05, 0) is 23.3 Å². The van der Waals surface area contributed by atoms with Crippen LogP contribution in [-0.2, 0) is 16.0 Å². The Hall–Kier alpha value is -1.31. The number of amides is 1. The normalized spacial score (nSPS) is 18.5. The highest BCUT2D eigenvalue weighted by molar-refractivity contribution is 8.00. The number of benzene rings is 1. The van der Waals surface area contributed by atoms with Crippen LogP contribution in [0.5, 0.6) is 11.5 Å². The van der Waals surface area contributed by atoms with Crippen LogP contribution in [-0.4, -0.2) is 58.3 Å². The van der Waals surface area contributed by atoms with Crippen molar-refractivity contribution in [1.29, 1.82) is 0 Å². The van der Waals surface area contributed by atoms with Crippen molar-refractivity contribution in [3.8, 4) is 11.5 Å². The van der Waals surface area contributed by atoms with Gasteiger partial charge >= 0.3 is 0 Å². The van der Waals surface area contributed by atoms with E-state index in [1.54, 1.807) is 29.0 Å². The Morgan fingerprint density at radius 2 is 2.17 bits per heavy atom. The van der Waals surface area contributed by atoms with Crippen molar-refractivity contribution >= 4 is 28.8 Å². The lowest BCUT2D eigenvalue weighted by Gasteiger charge is -2.24. The Morgan fingerprint density at radius 1 is 1.48 bits per heavy atom. The molecule has 0 aromatic heterocycles. The van der Waals surface area contributed by atoms with Crippen LogP contribution in [0.25, 0.3) is 0 Å². The van der Waals surface area contributed by atoms with Gasteiger partial charge in [0, 0.05) is 12.3 Å². The lowest BCUT2D eigenvalue weighted by Crippen LogP contribution is -2.41. The van der Waals surface area contributed by atoms with Crippen molar-refractivity contribution in [3.05, 3.63) is 36.9 Å². The van der Waals surface area contributed by atoms with E-state index in [0.717, 1.165) is 5.75 Å². The number of carbonyl (C=O) groups is 1. The van der Waals surface area contributed by atoms with E-state index in [2.05, 4.69) is 6.58 Å². The fourth-order valence-corrected chi connectivity index (χ4v) is 3.85. The van der Waals surface area contributed by atoms with E-state index in [0.29, 0.717) is 31.3 Å². The van der Waals surface area contributed by atoms with Crippen molar-refractivity contribution in [1.82, 2.24) is 4.90 Å². The van der Waals surface area contributed by atoms with E-state index >= 15 is 0 Å². The van der Waals surface area contributed by atoms with Crippen molar-refractivity contribution < 1.29 is 18.8 Å². The summed E-state index contributed by atoms with van der Waals surface area (Å²) in [4.78, 5) is 13.9. The van der Waals surface area contributed by atoms with Crippen LogP contribution in [0.4, 0.5) is 0 Å². The summed E-state index contributed by atoms with van der Waals surface area (Å²) in [6.07, 6.45) is 3.22. The quantitative estimate of drug-likeness (QED) is 0.527. The molecule has 0 radical (unpaired) electrons. The molecule has 23 heavy (non-hydrogen) atoms. The molecule has 1 heterocycles. The Bertz CT molecular complexity index is 539. The molecule has 0 saturated carbocycles. The summed E-state index contributed by atoms with van der Waals surface area (Å²) in [5.41, 5.74) is 0. The van der Waals surface area contributed by atoms with Gasteiger partial charge in [-0.2, -0.15) is 0 Å². The molecular weight excluding hydrogens is 334 g/mol. The summed E-state index contributed by atoms with van der Waals surface area (Å²) in [6, 6.07) is 7.43. The first-order valence-corrected chi connectivity index (χ1v) is 10.1. The van der Waals surface area contributed by atoms with Crippen LogP contribution in [0.1, 0.15) is 0 Å². The Kier molecular flexibility index (Phi) is 7.14. The van der Waals surface area contributed by atoms with E-state index in [9.17, 15) is 9.35 Å². The minimum absolute atomic E-state index is 0.0569. The van der Waals surface area contributed by atoms with Gasteiger partial charge in [0.1, 0.15) is 18.6 Å². The SMILES string of the molecule is C=CCOc1ccccc1OC[C@@H]1SCCN1C(=O)C[S@+](C)[O-]. The van der Waals surface area contributed by atoms with Crippen LogP contribution in [0.15, 0.2) is 36.9 Å². The van der Waals surface area contributed by atoms with Crippen molar-refractivity contribution in [2.75, 3.05) is 37.5 Å². The molecule has 2 atom stereocenters. The van der Waals surface area contributed by atoms with Crippen molar-refractivity contribution in [2.45, 2.75) is 5.37 Å². The predicted octanol–water partition coefficient (Wildman–Crippen LogP) is 1.91. The highest BCUT2D eigenvalue weighted by Crippen LogP contribution is 2.29. The van der Waals surface area contributed by atoms with Crippen LogP contribution in [0.3, 0.4) is 0 Å². The van der Waals surface area contributed by atoms with Gasteiger partial charge in [-0.1, -0.05) is 24.8 Å². The largest absolute Gasteiger partial charge is 0.616 e. The summed E-state index contributed by atoms with van der Waals surface area (Å²) in [7, 11) is 0. The number of para-hydroxylation sites is 2. The van der Waals surface area contributed by atoms with Crippen molar-refractivity contribution in [2.24, 2.45) is 0 Å². The lowest BCUT2D eigenvalue weighted by atomic mass is 10.3. The van der Waals surface area contributed by atoms with Gasteiger partial charge in [-0.25, -0.2) is 0 Å². The second-order valence-electron chi connectivity index (χ2n) is 4.99. The molecule has 126 valence electrons. The number of thioether (sulfide) groups is 1. The average molecular weight is 355 g/mol. The predicted molar refractivity (Wildman–Crippen MR) is 94.5 cm³/mol. The molecule has 0 bridgehead atoms. The third kappa shape index (κ3) is 5.37. The summed E-state index contributed by atoms with van der Waals surface area (Å²) < 4.78 is 22.7.